The maximum atomic E-state index is 12.2. The minimum atomic E-state index is 0.182. The van der Waals surface area contributed by atoms with Crippen molar-refractivity contribution in [2.24, 2.45) is 17.8 Å². The Morgan fingerprint density at radius 1 is 1.30 bits per heavy atom. The van der Waals surface area contributed by atoms with Crippen LogP contribution in [0.15, 0.2) is 37.1 Å². The van der Waals surface area contributed by atoms with Crippen LogP contribution < -0.4 is 5.32 Å². The van der Waals surface area contributed by atoms with Gasteiger partial charge in [0.05, 0.1) is 0 Å². The third-order valence-corrected chi connectivity index (χ3v) is 5.40. The highest BCUT2D eigenvalue weighted by Gasteiger charge is 2.39. The molecule has 1 amide bonds. The summed E-state index contributed by atoms with van der Waals surface area (Å²) in [5, 5.41) is 3.04. The van der Waals surface area contributed by atoms with Crippen molar-refractivity contribution in [3.63, 3.8) is 0 Å². The molecule has 23 heavy (non-hydrogen) atoms. The van der Waals surface area contributed by atoms with Gasteiger partial charge in [-0.2, -0.15) is 0 Å². The van der Waals surface area contributed by atoms with Gasteiger partial charge in [-0.25, -0.2) is 9.97 Å². The van der Waals surface area contributed by atoms with Crippen molar-refractivity contribution in [1.82, 2.24) is 19.9 Å². The third-order valence-electron chi connectivity index (χ3n) is 5.40. The number of hydrogen-bond acceptors (Lipinski definition) is 3. The number of pyridine rings is 1. The molecule has 2 aliphatic carbocycles. The number of aromatic nitrogens is 3. The van der Waals surface area contributed by atoms with Crippen molar-refractivity contribution < 1.29 is 4.79 Å². The highest BCUT2D eigenvalue weighted by atomic mass is 16.1. The van der Waals surface area contributed by atoms with Gasteiger partial charge >= 0.3 is 0 Å². The fourth-order valence-electron chi connectivity index (χ4n) is 4.21. The minimum absolute atomic E-state index is 0.182. The number of rotatable bonds is 5. The van der Waals surface area contributed by atoms with E-state index in [-0.39, 0.29) is 5.91 Å². The number of carbonyl (C=O) groups excluding carboxylic acids is 1. The van der Waals surface area contributed by atoms with Crippen LogP contribution in [0, 0.1) is 17.8 Å². The maximum absolute atomic E-state index is 12.2. The summed E-state index contributed by atoms with van der Waals surface area (Å²) in [6, 6.07) is 3.94. The molecule has 3 atom stereocenters. The molecule has 0 spiro atoms. The Morgan fingerprint density at radius 3 is 2.91 bits per heavy atom. The Balaban J connectivity index is 1.28. The lowest BCUT2D eigenvalue weighted by atomic mass is 9.86. The van der Waals surface area contributed by atoms with Gasteiger partial charge in [0.25, 0.3) is 0 Å². The van der Waals surface area contributed by atoms with Gasteiger partial charge in [-0.3, -0.25) is 9.36 Å². The average Bonchev–Trinajstić information content (AvgIpc) is 3.31. The summed E-state index contributed by atoms with van der Waals surface area (Å²) in [7, 11) is 0. The first-order chi connectivity index (χ1) is 11.3. The van der Waals surface area contributed by atoms with E-state index in [0.29, 0.717) is 18.9 Å². The molecule has 4 rings (SSSR count). The van der Waals surface area contributed by atoms with Crippen LogP contribution in [0.5, 0.6) is 0 Å². The van der Waals surface area contributed by atoms with E-state index >= 15 is 0 Å². The van der Waals surface area contributed by atoms with E-state index in [9.17, 15) is 4.79 Å². The topological polar surface area (TPSA) is 59.8 Å². The van der Waals surface area contributed by atoms with E-state index in [1.165, 1.54) is 25.7 Å². The van der Waals surface area contributed by atoms with Gasteiger partial charge in [-0.05, 0) is 48.6 Å². The second-order valence-corrected chi connectivity index (χ2v) is 6.91. The molecule has 2 aromatic heterocycles. The van der Waals surface area contributed by atoms with Crippen LogP contribution in [0.1, 0.15) is 37.7 Å². The molecular formula is C18H22N4O. The van der Waals surface area contributed by atoms with E-state index in [1.54, 1.807) is 12.5 Å². The molecule has 2 heterocycles. The molecule has 3 unspecified atom stereocenters. The van der Waals surface area contributed by atoms with Gasteiger partial charge in [-0.1, -0.05) is 12.5 Å². The van der Waals surface area contributed by atoms with Crippen molar-refractivity contribution >= 4 is 5.91 Å². The van der Waals surface area contributed by atoms with E-state index in [0.717, 1.165) is 23.2 Å². The fourth-order valence-corrected chi connectivity index (χ4v) is 4.21. The Morgan fingerprint density at radius 2 is 2.26 bits per heavy atom. The predicted molar refractivity (Wildman–Crippen MR) is 86.8 cm³/mol. The van der Waals surface area contributed by atoms with E-state index < -0.39 is 0 Å². The van der Waals surface area contributed by atoms with Gasteiger partial charge < -0.3 is 5.32 Å². The highest BCUT2D eigenvalue weighted by Crippen LogP contribution is 2.49. The number of imidazole rings is 1. The van der Waals surface area contributed by atoms with Gasteiger partial charge in [0.15, 0.2) is 0 Å². The lowest BCUT2D eigenvalue weighted by Gasteiger charge is -2.20. The zero-order chi connectivity index (χ0) is 15.6. The second kappa shape index (κ2) is 6.14. The van der Waals surface area contributed by atoms with Crippen molar-refractivity contribution in [2.45, 2.75) is 38.6 Å². The predicted octanol–water partition coefficient (Wildman–Crippen LogP) is 2.71. The maximum Gasteiger partial charge on any atom is 0.220 e. The van der Waals surface area contributed by atoms with Crippen LogP contribution >= 0.6 is 0 Å². The first-order valence-electron chi connectivity index (χ1n) is 8.48. The van der Waals surface area contributed by atoms with Crippen molar-refractivity contribution in [2.75, 3.05) is 0 Å². The number of nitrogens with zero attached hydrogens (tertiary/aromatic N) is 3. The molecule has 2 saturated carbocycles. The zero-order valence-corrected chi connectivity index (χ0v) is 13.2. The minimum Gasteiger partial charge on any atom is -0.352 e. The SMILES string of the molecule is O=C(CC1CC2CCC1C2)NCc1ccc(-n2ccnc2)nc1. The second-order valence-electron chi connectivity index (χ2n) is 6.91. The molecule has 5 nitrogen and oxygen atoms in total. The van der Waals surface area contributed by atoms with E-state index in [4.69, 9.17) is 0 Å². The molecule has 120 valence electrons. The first kappa shape index (κ1) is 14.4. The first-order valence-corrected chi connectivity index (χ1v) is 8.48. The lowest BCUT2D eigenvalue weighted by molar-refractivity contribution is -0.122. The number of amides is 1. The van der Waals surface area contributed by atoms with Crippen molar-refractivity contribution in [3.05, 3.63) is 42.6 Å². The van der Waals surface area contributed by atoms with Gasteiger partial charge in [0.2, 0.25) is 5.91 Å². The van der Waals surface area contributed by atoms with E-state index in [1.807, 2.05) is 29.1 Å². The molecule has 5 heteroatoms. The molecule has 2 fully saturated rings. The normalized spacial score (nSPS) is 25.7. The fraction of sp³-hybridized carbons (Fsp3) is 0.500. The smallest absolute Gasteiger partial charge is 0.220 e. The van der Waals surface area contributed by atoms with E-state index in [2.05, 4.69) is 15.3 Å². The average molecular weight is 310 g/mol. The van der Waals surface area contributed by atoms with Crippen LogP contribution in [-0.2, 0) is 11.3 Å². The molecule has 0 radical (unpaired) electrons. The molecule has 1 N–H and O–H groups in total. The van der Waals surface area contributed by atoms with Crippen LogP contribution in [0.25, 0.3) is 5.82 Å². The Kier molecular flexibility index (Phi) is 3.85. The summed E-state index contributed by atoms with van der Waals surface area (Å²) in [5.74, 6) is 3.34. The van der Waals surface area contributed by atoms with Crippen LogP contribution in [-0.4, -0.2) is 20.4 Å². The summed E-state index contributed by atoms with van der Waals surface area (Å²) in [6.07, 6.45) is 13.2. The Labute approximate surface area is 136 Å². The van der Waals surface area contributed by atoms with Gasteiger partial charge in [0.1, 0.15) is 12.1 Å². The summed E-state index contributed by atoms with van der Waals surface area (Å²) < 4.78 is 1.86. The van der Waals surface area contributed by atoms with Crippen molar-refractivity contribution in [3.8, 4) is 5.82 Å². The molecular weight excluding hydrogens is 288 g/mol. The van der Waals surface area contributed by atoms with Crippen LogP contribution in [0.4, 0.5) is 0 Å². The van der Waals surface area contributed by atoms with Gasteiger partial charge in [0, 0.05) is 31.6 Å². The quantitative estimate of drug-likeness (QED) is 0.923. The molecule has 0 aromatic carbocycles. The highest BCUT2D eigenvalue weighted by molar-refractivity contribution is 5.76. The largest absolute Gasteiger partial charge is 0.352 e. The molecule has 0 aliphatic heterocycles. The number of fused-ring (bicyclic) bond motifs is 2. The van der Waals surface area contributed by atoms with Crippen LogP contribution in [0.3, 0.4) is 0 Å². The molecule has 2 bridgehead atoms. The summed E-state index contributed by atoms with van der Waals surface area (Å²) in [5.41, 5.74) is 1.02. The number of hydrogen-bond donors (Lipinski definition) is 1. The summed E-state index contributed by atoms with van der Waals surface area (Å²) in [6.45, 7) is 0.552. The Hall–Kier alpha value is -2.17. The molecule has 2 aromatic rings. The number of nitrogens with one attached hydrogen (secondary N) is 1. The molecule has 2 aliphatic rings. The third kappa shape index (κ3) is 3.14. The molecule has 0 saturated heterocycles. The van der Waals surface area contributed by atoms with Crippen molar-refractivity contribution in [1.29, 1.82) is 0 Å². The number of carbonyl (C=O) groups is 1. The zero-order valence-electron chi connectivity index (χ0n) is 13.2. The standard InChI is InChI=1S/C18H22N4O/c23-18(9-16-8-13-1-3-15(16)7-13)21-11-14-2-4-17(20-10-14)22-6-5-19-12-22/h2,4-6,10,12-13,15-16H,1,3,7-9,11H2,(H,21,23). The lowest BCUT2D eigenvalue weighted by Crippen LogP contribution is -2.27. The summed E-state index contributed by atoms with van der Waals surface area (Å²) >= 11 is 0. The van der Waals surface area contributed by atoms with Gasteiger partial charge in [-0.15, -0.1) is 0 Å². The summed E-state index contributed by atoms with van der Waals surface area (Å²) in [4.78, 5) is 20.6. The Bertz CT molecular complexity index is 665. The monoisotopic (exact) mass is 310 g/mol. The van der Waals surface area contributed by atoms with Crippen LogP contribution in [0.2, 0.25) is 0 Å².